The minimum atomic E-state index is -0.900. The van der Waals surface area contributed by atoms with Gasteiger partial charge in [0.05, 0.1) is 0 Å². The molecular formula is C23H29NO6. The first-order valence-corrected chi connectivity index (χ1v) is 10.4. The number of fused-ring (bicyclic) bond motifs is 1. The number of carbonyl (C=O) groups is 2. The van der Waals surface area contributed by atoms with Crippen molar-refractivity contribution in [3.05, 3.63) is 40.2 Å². The van der Waals surface area contributed by atoms with Crippen LogP contribution in [0, 0.1) is 18.8 Å². The fraction of sp³-hybridized carbons (Fsp3) is 0.522. The number of ether oxygens (including phenoxy) is 2. The van der Waals surface area contributed by atoms with Gasteiger partial charge in [-0.05, 0) is 49.8 Å². The first-order valence-electron chi connectivity index (χ1n) is 10.4. The molecule has 1 saturated carbocycles. The molecule has 1 aromatic heterocycles. The van der Waals surface area contributed by atoms with E-state index in [0.717, 1.165) is 23.8 Å². The van der Waals surface area contributed by atoms with Gasteiger partial charge < -0.3 is 19.2 Å². The summed E-state index contributed by atoms with van der Waals surface area (Å²) in [6.07, 6.45) is 2.30. The van der Waals surface area contributed by atoms with Gasteiger partial charge in [0.2, 0.25) is 0 Å². The van der Waals surface area contributed by atoms with Crippen molar-refractivity contribution >= 4 is 22.8 Å². The lowest BCUT2D eigenvalue weighted by Gasteiger charge is -2.35. The topological polar surface area (TPSA) is 94.8 Å². The minimum absolute atomic E-state index is 0.106. The third kappa shape index (κ3) is 5.20. The Morgan fingerprint density at radius 2 is 2.00 bits per heavy atom. The maximum absolute atomic E-state index is 12.4. The summed E-state index contributed by atoms with van der Waals surface area (Å²) in [6, 6.07) is 6.52. The lowest BCUT2D eigenvalue weighted by atomic mass is 9.78. The monoisotopic (exact) mass is 415 g/mol. The van der Waals surface area contributed by atoms with E-state index in [1.807, 2.05) is 6.92 Å². The zero-order valence-corrected chi connectivity index (χ0v) is 17.9. The Morgan fingerprint density at radius 3 is 2.77 bits per heavy atom. The fourth-order valence-corrected chi connectivity index (χ4v) is 3.91. The molecule has 2 aromatic rings. The zero-order chi connectivity index (χ0) is 21.8. The number of esters is 1. The summed E-state index contributed by atoms with van der Waals surface area (Å²) in [4.78, 5) is 36.1. The van der Waals surface area contributed by atoms with Crippen LogP contribution in [0.3, 0.4) is 0 Å². The summed E-state index contributed by atoms with van der Waals surface area (Å²) in [5.41, 5.74) is 0.737. The molecule has 1 aromatic carbocycles. The molecule has 1 heterocycles. The van der Waals surface area contributed by atoms with Crippen LogP contribution in [0.1, 0.15) is 45.6 Å². The molecule has 1 amide bonds. The third-order valence-corrected chi connectivity index (χ3v) is 5.99. The maximum atomic E-state index is 12.4. The number of amides is 1. The van der Waals surface area contributed by atoms with E-state index in [9.17, 15) is 14.4 Å². The predicted octanol–water partition coefficient (Wildman–Crippen LogP) is 3.35. The molecule has 0 spiro atoms. The third-order valence-electron chi connectivity index (χ3n) is 5.99. The van der Waals surface area contributed by atoms with Crippen LogP contribution >= 0.6 is 0 Å². The lowest BCUT2D eigenvalue weighted by molar-refractivity contribution is -0.157. The van der Waals surface area contributed by atoms with Crippen molar-refractivity contribution in [2.45, 2.75) is 59.1 Å². The highest BCUT2D eigenvalue weighted by atomic mass is 16.6. The number of carbonyl (C=O) groups excluding carboxylic acids is 2. The van der Waals surface area contributed by atoms with E-state index in [1.54, 1.807) is 25.1 Å². The van der Waals surface area contributed by atoms with Crippen molar-refractivity contribution in [1.82, 2.24) is 5.32 Å². The van der Waals surface area contributed by atoms with Crippen LogP contribution < -0.4 is 15.7 Å². The SMILES string of the molecule is Cc1cc(=O)oc2cc(OCC(=O)O[C@H](C)C(=O)N[C@H]3CCC[C@H](C)[C@@H]3C)ccc12. The van der Waals surface area contributed by atoms with Crippen molar-refractivity contribution < 1.29 is 23.5 Å². The standard InChI is InChI=1S/C23H29NO6/c1-13-6-5-7-19(15(13)3)24-23(27)16(4)29-22(26)12-28-17-8-9-18-14(2)10-21(25)30-20(18)11-17/h8-11,13,15-16,19H,5-7,12H2,1-4H3,(H,24,27)/t13-,15-,16+,19-/m0/s1. The van der Waals surface area contributed by atoms with E-state index in [2.05, 4.69) is 19.2 Å². The molecule has 1 fully saturated rings. The van der Waals surface area contributed by atoms with Gasteiger partial charge in [0.15, 0.2) is 12.7 Å². The summed E-state index contributed by atoms with van der Waals surface area (Å²) in [5.74, 6) is 0.386. The predicted molar refractivity (Wildman–Crippen MR) is 112 cm³/mol. The van der Waals surface area contributed by atoms with E-state index in [-0.39, 0.29) is 18.6 Å². The zero-order valence-electron chi connectivity index (χ0n) is 17.9. The van der Waals surface area contributed by atoms with Crippen molar-refractivity contribution in [2.24, 2.45) is 11.8 Å². The van der Waals surface area contributed by atoms with Crippen LogP contribution in [-0.4, -0.2) is 30.6 Å². The summed E-state index contributed by atoms with van der Waals surface area (Å²) in [6.45, 7) is 7.36. The summed E-state index contributed by atoms with van der Waals surface area (Å²) >= 11 is 0. The number of benzene rings is 1. The molecule has 30 heavy (non-hydrogen) atoms. The maximum Gasteiger partial charge on any atom is 0.344 e. The van der Waals surface area contributed by atoms with Crippen LogP contribution in [0.2, 0.25) is 0 Å². The Balaban J connectivity index is 1.52. The number of nitrogens with one attached hydrogen (secondary N) is 1. The van der Waals surface area contributed by atoms with Crippen molar-refractivity contribution in [3.8, 4) is 5.75 Å². The highest BCUT2D eigenvalue weighted by Crippen LogP contribution is 2.29. The lowest BCUT2D eigenvalue weighted by Crippen LogP contribution is -2.47. The molecule has 1 N–H and O–H groups in total. The van der Waals surface area contributed by atoms with Crippen LogP contribution in [0.15, 0.2) is 33.5 Å². The molecule has 7 heteroatoms. The molecule has 0 unspecified atom stereocenters. The van der Waals surface area contributed by atoms with Gasteiger partial charge in [-0.2, -0.15) is 0 Å². The molecule has 7 nitrogen and oxygen atoms in total. The summed E-state index contributed by atoms with van der Waals surface area (Å²) < 4.78 is 15.8. The van der Waals surface area contributed by atoms with Crippen LogP contribution in [0.25, 0.3) is 11.0 Å². The molecular weight excluding hydrogens is 386 g/mol. The quantitative estimate of drug-likeness (QED) is 0.574. The van der Waals surface area contributed by atoms with Crippen molar-refractivity contribution in [3.63, 3.8) is 0 Å². The first kappa shape index (κ1) is 21.9. The highest BCUT2D eigenvalue weighted by molar-refractivity contribution is 5.84. The number of aryl methyl sites for hydroxylation is 1. The summed E-state index contributed by atoms with van der Waals surface area (Å²) in [7, 11) is 0. The molecule has 1 aliphatic rings. The Morgan fingerprint density at radius 1 is 1.23 bits per heavy atom. The van der Waals surface area contributed by atoms with Gasteiger partial charge in [0, 0.05) is 23.6 Å². The molecule has 1 aliphatic carbocycles. The molecule has 0 bridgehead atoms. The van der Waals surface area contributed by atoms with Crippen molar-refractivity contribution in [2.75, 3.05) is 6.61 Å². The molecule has 0 aliphatic heterocycles. The van der Waals surface area contributed by atoms with E-state index < -0.39 is 17.7 Å². The smallest absolute Gasteiger partial charge is 0.344 e. The Kier molecular flexibility index (Phi) is 6.80. The number of hydrogen-bond acceptors (Lipinski definition) is 6. The molecule has 3 rings (SSSR count). The van der Waals surface area contributed by atoms with E-state index in [0.29, 0.717) is 23.2 Å². The number of hydrogen-bond donors (Lipinski definition) is 1. The minimum Gasteiger partial charge on any atom is -0.482 e. The second-order valence-corrected chi connectivity index (χ2v) is 8.21. The van der Waals surface area contributed by atoms with E-state index in [4.69, 9.17) is 13.9 Å². The van der Waals surface area contributed by atoms with Gasteiger partial charge in [-0.3, -0.25) is 4.79 Å². The van der Waals surface area contributed by atoms with Gasteiger partial charge in [-0.1, -0.05) is 26.7 Å². The van der Waals surface area contributed by atoms with Crippen LogP contribution in [-0.2, 0) is 14.3 Å². The van der Waals surface area contributed by atoms with Gasteiger partial charge in [0.1, 0.15) is 11.3 Å². The molecule has 4 atom stereocenters. The largest absolute Gasteiger partial charge is 0.482 e. The Labute approximate surface area is 175 Å². The van der Waals surface area contributed by atoms with Gasteiger partial charge in [-0.15, -0.1) is 0 Å². The van der Waals surface area contributed by atoms with E-state index in [1.165, 1.54) is 12.5 Å². The van der Waals surface area contributed by atoms with Gasteiger partial charge in [-0.25, -0.2) is 9.59 Å². The van der Waals surface area contributed by atoms with Gasteiger partial charge >= 0.3 is 11.6 Å². The fourth-order valence-electron chi connectivity index (χ4n) is 3.91. The van der Waals surface area contributed by atoms with Crippen LogP contribution in [0.4, 0.5) is 0 Å². The number of rotatable bonds is 6. The molecule has 162 valence electrons. The molecule has 0 saturated heterocycles. The second kappa shape index (κ2) is 9.32. The average molecular weight is 415 g/mol. The second-order valence-electron chi connectivity index (χ2n) is 8.21. The average Bonchev–Trinajstić information content (AvgIpc) is 2.69. The Hall–Kier alpha value is -2.83. The van der Waals surface area contributed by atoms with E-state index >= 15 is 0 Å². The first-order chi connectivity index (χ1) is 14.2. The molecule has 0 radical (unpaired) electrons. The van der Waals surface area contributed by atoms with Gasteiger partial charge in [0.25, 0.3) is 5.91 Å². The van der Waals surface area contributed by atoms with Crippen LogP contribution in [0.5, 0.6) is 5.75 Å². The summed E-state index contributed by atoms with van der Waals surface area (Å²) in [5, 5.41) is 3.80. The highest BCUT2D eigenvalue weighted by Gasteiger charge is 2.30. The Bertz CT molecular complexity index is 981. The normalized spacial score (nSPS) is 22.3. The van der Waals surface area contributed by atoms with Crippen molar-refractivity contribution in [1.29, 1.82) is 0 Å².